The van der Waals surface area contributed by atoms with Crippen molar-refractivity contribution in [3.63, 3.8) is 0 Å². The SMILES string of the molecule is COC(=O)C1=C(C)NC(C)=C(C(=O)OC)C1c1ccccc1OCc1c(C)no[n+]1[O-]. The number of hydrogen-bond donors (Lipinski definition) is 1. The molecular formula is C21H23N3O7. The number of carbonyl (C=O) groups is 2. The van der Waals surface area contributed by atoms with Crippen molar-refractivity contribution < 1.29 is 33.3 Å². The summed E-state index contributed by atoms with van der Waals surface area (Å²) < 4.78 is 20.4. The maximum absolute atomic E-state index is 12.7. The number of hydrogen-bond acceptors (Lipinski definition) is 9. The third-order valence-electron chi connectivity index (χ3n) is 5.06. The standard InChI is InChI=1S/C21H23N3O7/c1-11-15(24(27)31-23-11)10-30-16-9-7-6-8-14(16)19-17(20(25)28-4)12(2)22-13(3)18(19)21(26)29-5/h6-9,19,22H,10H2,1-5H3. The van der Waals surface area contributed by atoms with Gasteiger partial charge in [0.2, 0.25) is 11.4 Å². The normalized spacial score (nSPS) is 14.4. The Bertz CT molecular complexity index is 1030. The monoisotopic (exact) mass is 429 g/mol. The molecule has 0 fully saturated rings. The fourth-order valence-electron chi connectivity index (χ4n) is 3.55. The van der Waals surface area contributed by atoms with Gasteiger partial charge in [-0.2, -0.15) is 0 Å². The molecule has 10 nitrogen and oxygen atoms in total. The number of rotatable bonds is 6. The third kappa shape index (κ3) is 4.09. The minimum Gasteiger partial charge on any atom is -0.484 e. The van der Waals surface area contributed by atoms with Crippen molar-refractivity contribution in [2.24, 2.45) is 0 Å². The molecule has 2 aromatic rings. The summed E-state index contributed by atoms with van der Waals surface area (Å²) in [6.07, 6.45) is 0. The molecule has 0 saturated heterocycles. The van der Waals surface area contributed by atoms with Gasteiger partial charge in [-0.05, 0) is 24.8 Å². The first-order valence-corrected chi connectivity index (χ1v) is 9.42. The Morgan fingerprint density at radius 3 is 2.19 bits per heavy atom. The molecular weight excluding hydrogens is 406 g/mol. The molecule has 10 heteroatoms. The number of esters is 2. The van der Waals surface area contributed by atoms with Crippen LogP contribution in [0.5, 0.6) is 5.75 Å². The van der Waals surface area contributed by atoms with E-state index in [0.717, 1.165) is 0 Å². The lowest BCUT2D eigenvalue weighted by molar-refractivity contribution is -0.808. The molecule has 0 spiro atoms. The van der Waals surface area contributed by atoms with Gasteiger partial charge in [0.25, 0.3) is 0 Å². The first-order valence-electron chi connectivity index (χ1n) is 9.42. The van der Waals surface area contributed by atoms with Crippen LogP contribution in [0.3, 0.4) is 0 Å². The average Bonchev–Trinajstić information content (AvgIpc) is 3.08. The summed E-state index contributed by atoms with van der Waals surface area (Å²) in [6, 6.07) is 6.93. The molecule has 0 saturated carbocycles. The largest absolute Gasteiger partial charge is 0.484 e. The summed E-state index contributed by atoms with van der Waals surface area (Å²) in [5.74, 6) is -1.62. The van der Waals surface area contributed by atoms with E-state index in [2.05, 4.69) is 15.1 Å². The van der Waals surface area contributed by atoms with E-state index in [1.54, 1.807) is 45.0 Å². The second kappa shape index (κ2) is 8.90. The summed E-state index contributed by atoms with van der Waals surface area (Å²) in [5, 5.41) is 18.4. The van der Waals surface area contributed by atoms with E-state index in [-0.39, 0.29) is 28.4 Å². The van der Waals surface area contributed by atoms with Gasteiger partial charge in [-0.1, -0.05) is 18.2 Å². The highest BCUT2D eigenvalue weighted by Crippen LogP contribution is 2.42. The lowest BCUT2D eigenvalue weighted by atomic mass is 9.80. The summed E-state index contributed by atoms with van der Waals surface area (Å²) in [5.41, 5.74) is 2.74. The molecule has 0 aliphatic carbocycles. The van der Waals surface area contributed by atoms with Gasteiger partial charge >= 0.3 is 11.9 Å². The van der Waals surface area contributed by atoms with Gasteiger partial charge in [0.05, 0.1) is 31.3 Å². The Kier molecular flexibility index (Phi) is 6.28. The van der Waals surface area contributed by atoms with E-state index in [9.17, 15) is 14.8 Å². The summed E-state index contributed by atoms with van der Waals surface area (Å²) >= 11 is 0. The van der Waals surface area contributed by atoms with Crippen molar-refractivity contribution in [2.45, 2.75) is 33.3 Å². The quantitative estimate of drug-likeness (QED) is 0.540. The van der Waals surface area contributed by atoms with Crippen LogP contribution in [-0.2, 0) is 25.7 Å². The van der Waals surface area contributed by atoms with Crippen LogP contribution in [0.4, 0.5) is 0 Å². The number of nitrogens with zero attached hydrogens (tertiary/aromatic N) is 2. The molecule has 3 rings (SSSR count). The highest BCUT2D eigenvalue weighted by Gasteiger charge is 2.39. The smallest absolute Gasteiger partial charge is 0.336 e. The molecule has 1 aromatic heterocycles. The summed E-state index contributed by atoms with van der Waals surface area (Å²) in [6.45, 7) is 4.95. The predicted octanol–water partition coefficient (Wildman–Crippen LogP) is 1.78. The number of carbonyl (C=O) groups excluding carboxylic acids is 2. The number of para-hydroxylation sites is 1. The number of dihydropyridines is 1. The minimum absolute atomic E-state index is 0.118. The Morgan fingerprint density at radius 2 is 1.68 bits per heavy atom. The van der Waals surface area contributed by atoms with Crippen molar-refractivity contribution in [1.29, 1.82) is 0 Å². The van der Waals surface area contributed by atoms with Crippen LogP contribution >= 0.6 is 0 Å². The molecule has 31 heavy (non-hydrogen) atoms. The lowest BCUT2D eigenvalue weighted by Crippen LogP contribution is -2.32. The highest BCUT2D eigenvalue weighted by molar-refractivity contribution is 6.00. The van der Waals surface area contributed by atoms with E-state index in [0.29, 0.717) is 28.4 Å². The average molecular weight is 429 g/mol. The van der Waals surface area contributed by atoms with Crippen LogP contribution in [0.2, 0.25) is 0 Å². The first-order chi connectivity index (χ1) is 14.8. The molecule has 1 aliphatic rings. The Morgan fingerprint density at radius 1 is 1.10 bits per heavy atom. The number of allylic oxidation sites excluding steroid dienone is 2. The van der Waals surface area contributed by atoms with Crippen molar-refractivity contribution in [2.75, 3.05) is 14.2 Å². The third-order valence-corrected chi connectivity index (χ3v) is 5.06. The van der Waals surface area contributed by atoms with E-state index in [1.165, 1.54) is 14.2 Å². The molecule has 0 atom stereocenters. The number of nitrogens with one attached hydrogen (secondary N) is 1. The maximum atomic E-state index is 12.7. The van der Waals surface area contributed by atoms with Crippen LogP contribution in [0, 0.1) is 12.1 Å². The molecule has 1 N–H and O–H groups in total. The van der Waals surface area contributed by atoms with E-state index >= 15 is 0 Å². The van der Waals surface area contributed by atoms with Crippen LogP contribution < -0.4 is 15.0 Å². The van der Waals surface area contributed by atoms with Gasteiger partial charge in [-0.3, -0.25) is 4.63 Å². The van der Waals surface area contributed by atoms with Gasteiger partial charge in [-0.15, -0.1) is 0 Å². The Hall–Kier alpha value is -3.82. The molecule has 0 amide bonds. The van der Waals surface area contributed by atoms with Crippen molar-refractivity contribution in [3.05, 3.63) is 69.0 Å². The van der Waals surface area contributed by atoms with Crippen LogP contribution in [0.15, 0.2) is 51.4 Å². The van der Waals surface area contributed by atoms with Gasteiger partial charge in [0.1, 0.15) is 5.75 Å². The van der Waals surface area contributed by atoms with E-state index in [4.69, 9.17) is 14.2 Å². The van der Waals surface area contributed by atoms with Gasteiger partial charge in [-0.25, -0.2) is 9.59 Å². The lowest BCUT2D eigenvalue weighted by Gasteiger charge is -2.30. The fraction of sp³-hybridized carbons (Fsp3) is 0.333. The molecule has 1 aromatic carbocycles. The molecule has 164 valence electrons. The van der Waals surface area contributed by atoms with Gasteiger partial charge in [0.15, 0.2) is 6.61 Å². The maximum Gasteiger partial charge on any atom is 0.336 e. The topological polar surface area (TPSA) is 127 Å². The highest BCUT2D eigenvalue weighted by atomic mass is 16.8. The number of aryl methyl sites for hydroxylation is 1. The molecule has 2 heterocycles. The number of aromatic nitrogens is 2. The molecule has 0 unspecified atom stereocenters. The van der Waals surface area contributed by atoms with Crippen molar-refractivity contribution >= 4 is 11.9 Å². The van der Waals surface area contributed by atoms with E-state index in [1.807, 2.05) is 0 Å². The number of methoxy groups -OCH3 is 2. The molecule has 1 aliphatic heterocycles. The Labute approximate surface area is 178 Å². The fourth-order valence-corrected chi connectivity index (χ4v) is 3.55. The van der Waals surface area contributed by atoms with Crippen LogP contribution in [0.1, 0.15) is 36.7 Å². The van der Waals surface area contributed by atoms with E-state index < -0.39 is 17.9 Å². The Balaban J connectivity index is 2.11. The zero-order valence-electron chi connectivity index (χ0n) is 17.8. The second-order valence-electron chi connectivity index (χ2n) is 6.91. The zero-order chi connectivity index (χ0) is 22.7. The van der Waals surface area contributed by atoms with Crippen LogP contribution in [-0.4, -0.2) is 31.3 Å². The molecule has 0 bridgehead atoms. The zero-order valence-corrected chi connectivity index (χ0v) is 17.8. The number of ether oxygens (including phenoxy) is 3. The molecule has 0 radical (unpaired) electrons. The van der Waals surface area contributed by atoms with Crippen LogP contribution in [0.25, 0.3) is 0 Å². The van der Waals surface area contributed by atoms with Gasteiger partial charge in [0, 0.05) is 29.0 Å². The van der Waals surface area contributed by atoms with Crippen molar-refractivity contribution in [3.8, 4) is 5.75 Å². The van der Waals surface area contributed by atoms with Crippen molar-refractivity contribution in [1.82, 2.24) is 10.5 Å². The van der Waals surface area contributed by atoms with Gasteiger partial charge < -0.3 is 24.7 Å². The summed E-state index contributed by atoms with van der Waals surface area (Å²) in [7, 11) is 2.54. The number of benzene rings is 1. The summed E-state index contributed by atoms with van der Waals surface area (Å²) in [4.78, 5) is 25.6. The minimum atomic E-state index is -0.805. The first kappa shape index (κ1) is 21.9. The predicted molar refractivity (Wildman–Crippen MR) is 106 cm³/mol. The second-order valence-corrected chi connectivity index (χ2v) is 6.91.